The zero-order valence-corrected chi connectivity index (χ0v) is 15.1. The number of thiazole rings is 1. The number of hydrogen-bond acceptors (Lipinski definition) is 7. The number of nitrogens with one attached hydrogen (secondary N) is 1. The van der Waals surface area contributed by atoms with Crippen LogP contribution in [0.25, 0.3) is 5.65 Å². The fourth-order valence-corrected chi connectivity index (χ4v) is 3.13. The summed E-state index contributed by atoms with van der Waals surface area (Å²) in [5.41, 5.74) is 1.45. The van der Waals surface area contributed by atoms with Crippen molar-refractivity contribution in [1.29, 1.82) is 0 Å². The number of hydrogen-bond donors (Lipinski definition) is 1. The third kappa shape index (κ3) is 3.60. The summed E-state index contributed by atoms with van der Waals surface area (Å²) in [7, 11) is 0. The van der Waals surface area contributed by atoms with Crippen LogP contribution in [0.4, 0.5) is 9.52 Å². The van der Waals surface area contributed by atoms with E-state index >= 15 is 0 Å². The van der Waals surface area contributed by atoms with Crippen molar-refractivity contribution in [3.63, 3.8) is 0 Å². The highest BCUT2D eigenvalue weighted by Gasteiger charge is 2.17. The Labute approximate surface area is 156 Å². The van der Waals surface area contributed by atoms with E-state index in [1.165, 1.54) is 34.2 Å². The number of aryl methyl sites for hydroxylation is 2. The molecular weight excluding hydrogens is 371 g/mol. The van der Waals surface area contributed by atoms with E-state index in [0.717, 1.165) is 11.9 Å². The van der Waals surface area contributed by atoms with Crippen molar-refractivity contribution in [1.82, 2.24) is 24.6 Å². The van der Waals surface area contributed by atoms with Crippen LogP contribution >= 0.6 is 11.3 Å². The lowest BCUT2D eigenvalue weighted by Crippen LogP contribution is -2.14. The van der Waals surface area contributed by atoms with Crippen molar-refractivity contribution in [2.45, 2.75) is 13.8 Å². The summed E-state index contributed by atoms with van der Waals surface area (Å²) in [6.45, 7) is 3.56. The summed E-state index contributed by atoms with van der Waals surface area (Å²) in [5.74, 6) is 0.0685. The van der Waals surface area contributed by atoms with Gasteiger partial charge in [-0.15, -0.1) is 11.3 Å². The SMILES string of the molecule is Cc1csc(NC(=O)c2cc(Oc3cncc(F)c3)cn3nc(C)nc23)n1. The quantitative estimate of drug-likeness (QED) is 0.580. The first-order valence-electron chi connectivity index (χ1n) is 7.87. The number of rotatable bonds is 4. The highest BCUT2D eigenvalue weighted by molar-refractivity contribution is 7.13. The Morgan fingerprint density at radius 3 is 2.81 bits per heavy atom. The molecule has 4 aromatic heterocycles. The topological polar surface area (TPSA) is 94.3 Å². The number of nitrogens with zero attached hydrogens (tertiary/aromatic N) is 5. The molecule has 8 nitrogen and oxygen atoms in total. The van der Waals surface area contributed by atoms with Crippen LogP contribution in [-0.2, 0) is 0 Å². The molecule has 27 heavy (non-hydrogen) atoms. The minimum absolute atomic E-state index is 0.202. The molecule has 0 aliphatic rings. The van der Waals surface area contributed by atoms with E-state index in [4.69, 9.17) is 4.74 Å². The van der Waals surface area contributed by atoms with Crippen LogP contribution in [0.3, 0.4) is 0 Å². The van der Waals surface area contributed by atoms with E-state index in [1.807, 2.05) is 12.3 Å². The summed E-state index contributed by atoms with van der Waals surface area (Å²) in [4.78, 5) is 25.0. The molecule has 1 N–H and O–H groups in total. The summed E-state index contributed by atoms with van der Waals surface area (Å²) >= 11 is 1.32. The second-order valence-electron chi connectivity index (χ2n) is 5.71. The van der Waals surface area contributed by atoms with Gasteiger partial charge >= 0.3 is 0 Å². The van der Waals surface area contributed by atoms with Gasteiger partial charge in [-0.1, -0.05) is 0 Å². The van der Waals surface area contributed by atoms with Gasteiger partial charge in [0.25, 0.3) is 5.91 Å². The number of fused-ring (bicyclic) bond motifs is 1. The van der Waals surface area contributed by atoms with Crippen molar-refractivity contribution in [2.75, 3.05) is 5.32 Å². The Morgan fingerprint density at radius 1 is 1.22 bits per heavy atom. The molecule has 4 heterocycles. The number of amides is 1. The number of carbonyl (C=O) groups excluding carboxylic acids is 1. The Balaban J connectivity index is 1.72. The Hall–Kier alpha value is -3.40. The monoisotopic (exact) mass is 384 g/mol. The first kappa shape index (κ1) is 17.0. The molecule has 4 aromatic rings. The average Bonchev–Trinajstić information content (AvgIpc) is 3.18. The van der Waals surface area contributed by atoms with Gasteiger partial charge in [0.1, 0.15) is 23.1 Å². The summed E-state index contributed by atoms with van der Waals surface area (Å²) in [6.07, 6.45) is 4.01. The molecule has 1 amide bonds. The molecule has 4 rings (SSSR count). The molecule has 0 radical (unpaired) electrons. The summed E-state index contributed by atoms with van der Waals surface area (Å²) < 4.78 is 20.4. The van der Waals surface area contributed by atoms with Gasteiger partial charge in [0, 0.05) is 11.4 Å². The van der Waals surface area contributed by atoms with Crippen LogP contribution in [0.15, 0.2) is 36.1 Å². The lowest BCUT2D eigenvalue weighted by atomic mass is 10.2. The molecule has 0 saturated carbocycles. The zero-order chi connectivity index (χ0) is 19.0. The predicted octanol–water partition coefficient (Wildman–Crippen LogP) is 3.38. The zero-order valence-electron chi connectivity index (χ0n) is 14.3. The second kappa shape index (κ2) is 6.72. The van der Waals surface area contributed by atoms with E-state index in [2.05, 4.69) is 25.4 Å². The molecule has 0 spiro atoms. The maximum Gasteiger partial charge on any atom is 0.261 e. The van der Waals surface area contributed by atoms with Gasteiger partial charge in [0.05, 0.1) is 29.8 Å². The van der Waals surface area contributed by atoms with Gasteiger partial charge in [-0.3, -0.25) is 15.1 Å². The number of aromatic nitrogens is 5. The Kier molecular flexibility index (Phi) is 4.24. The molecule has 0 aliphatic carbocycles. The fraction of sp³-hybridized carbons (Fsp3) is 0.118. The van der Waals surface area contributed by atoms with Crippen molar-refractivity contribution >= 4 is 28.0 Å². The van der Waals surface area contributed by atoms with Gasteiger partial charge in [-0.05, 0) is 19.9 Å². The largest absolute Gasteiger partial charge is 0.454 e. The Bertz CT molecular complexity index is 1160. The standard InChI is InChI=1S/C17H13FN6O2S/c1-9-8-27-17(20-9)22-16(25)14-4-13(7-24-15(14)21-10(2)23-24)26-12-3-11(18)5-19-6-12/h3-8H,1-2H3,(H,20,22,25). The van der Waals surface area contributed by atoms with Gasteiger partial charge < -0.3 is 4.74 Å². The van der Waals surface area contributed by atoms with Crippen LogP contribution in [0.1, 0.15) is 21.9 Å². The molecule has 0 saturated heterocycles. The molecular formula is C17H13FN6O2S. The highest BCUT2D eigenvalue weighted by Crippen LogP contribution is 2.25. The number of anilines is 1. The summed E-state index contributed by atoms with van der Waals surface area (Å²) in [5, 5.41) is 9.29. The molecule has 136 valence electrons. The smallest absolute Gasteiger partial charge is 0.261 e. The second-order valence-corrected chi connectivity index (χ2v) is 6.56. The summed E-state index contributed by atoms with van der Waals surface area (Å²) in [6, 6.07) is 2.71. The van der Waals surface area contributed by atoms with Crippen molar-refractivity contribution in [3.05, 3.63) is 59.0 Å². The van der Waals surface area contributed by atoms with E-state index in [1.54, 1.807) is 13.1 Å². The third-order valence-corrected chi connectivity index (χ3v) is 4.39. The minimum Gasteiger partial charge on any atom is -0.454 e. The molecule has 0 aliphatic heterocycles. The van der Waals surface area contributed by atoms with Gasteiger partial charge in [-0.25, -0.2) is 18.9 Å². The predicted molar refractivity (Wildman–Crippen MR) is 96.8 cm³/mol. The van der Waals surface area contributed by atoms with Crippen LogP contribution in [0, 0.1) is 19.7 Å². The van der Waals surface area contributed by atoms with Crippen molar-refractivity contribution in [3.8, 4) is 11.5 Å². The first-order chi connectivity index (χ1) is 13.0. The number of carbonyl (C=O) groups is 1. The molecule has 0 atom stereocenters. The maximum absolute atomic E-state index is 13.3. The number of pyridine rings is 2. The minimum atomic E-state index is -0.526. The van der Waals surface area contributed by atoms with Gasteiger partial charge in [0.15, 0.2) is 10.8 Å². The number of halogens is 1. The first-order valence-corrected chi connectivity index (χ1v) is 8.75. The molecule has 0 fully saturated rings. The van der Waals surface area contributed by atoms with Crippen LogP contribution in [-0.4, -0.2) is 30.5 Å². The van der Waals surface area contributed by atoms with Crippen molar-refractivity contribution < 1.29 is 13.9 Å². The lowest BCUT2D eigenvalue weighted by Gasteiger charge is -2.09. The average molecular weight is 384 g/mol. The Morgan fingerprint density at radius 2 is 2.07 bits per heavy atom. The van der Waals surface area contributed by atoms with E-state index in [9.17, 15) is 9.18 Å². The van der Waals surface area contributed by atoms with E-state index in [0.29, 0.717) is 22.4 Å². The fourth-order valence-electron chi connectivity index (χ4n) is 2.45. The van der Waals surface area contributed by atoms with Gasteiger partial charge in [-0.2, -0.15) is 5.10 Å². The molecule has 10 heteroatoms. The highest BCUT2D eigenvalue weighted by atomic mass is 32.1. The van der Waals surface area contributed by atoms with Crippen LogP contribution in [0.2, 0.25) is 0 Å². The third-order valence-electron chi connectivity index (χ3n) is 3.51. The number of ether oxygens (including phenoxy) is 1. The van der Waals surface area contributed by atoms with E-state index in [-0.39, 0.29) is 11.3 Å². The normalized spacial score (nSPS) is 10.9. The molecule has 0 aromatic carbocycles. The van der Waals surface area contributed by atoms with Crippen LogP contribution in [0.5, 0.6) is 11.5 Å². The van der Waals surface area contributed by atoms with Crippen molar-refractivity contribution in [2.24, 2.45) is 0 Å². The molecule has 0 unspecified atom stereocenters. The van der Waals surface area contributed by atoms with Gasteiger partial charge in [0.2, 0.25) is 0 Å². The van der Waals surface area contributed by atoms with E-state index < -0.39 is 11.7 Å². The lowest BCUT2D eigenvalue weighted by molar-refractivity contribution is 0.102. The maximum atomic E-state index is 13.3. The van der Waals surface area contributed by atoms with Crippen LogP contribution < -0.4 is 10.1 Å². The molecule has 0 bridgehead atoms.